The van der Waals surface area contributed by atoms with E-state index in [1.807, 2.05) is 15.9 Å². The molecule has 34 heavy (non-hydrogen) atoms. The minimum absolute atomic E-state index is 0.232. The van der Waals surface area contributed by atoms with Crippen molar-refractivity contribution in [1.82, 2.24) is 19.8 Å². The van der Waals surface area contributed by atoms with Crippen LogP contribution in [-0.2, 0) is 9.59 Å². The van der Waals surface area contributed by atoms with Crippen molar-refractivity contribution in [3.8, 4) is 0 Å². The van der Waals surface area contributed by atoms with Gasteiger partial charge in [0.1, 0.15) is 0 Å². The summed E-state index contributed by atoms with van der Waals surface area (Å²) < 4.78 is 2.21. The number of fused-ring (bicyclic) bond motifs is 2. The summed E-state index contributed by atoms with van der Waals surface area (Å²) >= 11 is 3.21. The van der Waals surface area contributed by atoms with Crippen molar-refractivity contribution in [2.45, 2.75) is 51.4 Å². The van der Waals surface area contributed by atoms with Crippen LogP contribution in [-0.4, -0.2) is 70.9 Å². The van der Waals surface area contributed by atoms with Gasteiger partial charge in [-0.25, -0.2) is 9.97 Å². The number of carbonyl (C=O) groups is 2. The van der Waals surface area contributed by atoms with E-state index >= 15 is 0 Å². The summed E-state index contributed by atoms with van der Waals surface area (Å²) in [5, 5.41) is 8.33. The summed E-state index contributed by atoms with van der Waals surface area (Å²) in [5.41, 5.74) is 1.83. The number of thiazole rings is 2. The van der Waals surface area contributed by atoms with Crippen molar-refractivity contribution >= 4 is 65.2 Å². The molecule has 0 spiro atoms. The molecule has 2 aliphatic rings. The van der Waals surface area contributed by atoms with Gasteiger partial charge in [0.15, 0.2) is 10.3 Å². The fraction of sp³-hybridized carbons (Fsp3) is 0.583. The molecule has 5 rings (SSSR count). The molecule has 0 aliphatic carbocycles. The van der Waals surface area contributed by atoms with Gasteiger partial charge in [-0.3, -0.25) is 9.59 Å². The molecule has 2 amide bonds. The van der Waals surface area contributed by atoms with Crippen LogP contribution in [0.4, 0.5) is 10.3 Å². The summed E-state index contributed by atoms with van der Waals surface area (Å²) in [5.74, 6) is 0.464. The van der Waals surface area contributed by atoms with E-state index in [9.17, 15) is 9.59 Å². The summed E-state index contributed by atoms with van der Waals surface area (Å²) in [6.45, 7) is 4.80. The van der Waals surface area contributed by atoms with Crippen LogP contribution in [0.2, 0.25) is 0 Å². The Morgan fingerprint density at radius 3 is 1.59 bits per heavy atom. The van der Waals surface area contributed by atoms with Crippen LogP contribution < -0.4 is 10.6 Å². The number of amides is 2. The van der Waals surface area contributed by atoms with E-state index < -0.39 is 0 Å². The number of anilines is 2. The van der Waals surface area contributed by atoms with Crippen LogP contribution in [0.15, 0.2) is 12.1 Å². The molecule has 182 valence electrons. The highest BCUT2D eigenvalue weighted by Gasteiger charge is 2.17. The minimum atomic E-state index is 0.232. The molecule has 0 atom stereocenters. The third kappa shape index (κ3) is 5.60. The maximum Gasteiger partial charge on any atom is 0.224 e. The average molecular weight is 501 g/mol. The van der Waals surface area contributed by atoms with Gasteiger partial charge >= 0.3 is 0 Å². The Balaban J connectivity index is 1.13. The van der Waals surface area contributed by atoms with E-state index in [0.29, 0.717) is 25.9 Å². The van der Waals surface area contributed by atoms with Crippen LogP contribution in [0, 0.1) is 0 Å². The second kappa shape index (κ2) is 10.9. The van der Waals surface area contributed by atoms with Gasteiger partial charge in [0.2, 0.25) is 11.8 Å². The predicted molar refractivity (Wildman–Crippen MR) is 140 cm³/mol. The molecule has 2 aromatic heterocycles. The monoisotopic (exact) mass is 500 g/mol. The van der Waals surface area contributed by atoms with E-state index in [4.69, 9.17) is 9.97 Å². The van der Waals surface area contributed by atoms with E-state index in [2.05, 4.69) is 16.7 Å². The summed E-state index contributed by atoms with van der Waals surface area (Å²) in [6.07, 6.45) is 7.95. The normalized spacial score (nSPS) is 16.8. The van der Waals surface area contributed by atoms with Gasteiger partial charge < -0.3 is 20.4 Å². The lowest BCUT2D eigenvalue weighted by molar-refractivity contribution is -0.132. The topological polar surface area (TPSA) is 90.5 Å². The fourth-order valence-electron chi connectivity index (χ4n) is 4.66. The molecule has 2 fully saturated rings. The minimum Gasteiger partial charge on any atom is -0.361 e. The number of hydrogen-bond donors (Lipinski definition) is 2. The molecule has 0 unspecified atom stereocenters. The Kier molecular flexibility index (Phi) is 7.44. The van der Waals surface area contributed by atoms with Crippen molar-refractivity contribution in [3.05, 3.63) is 12.1 Å². The largest absolute Gasteiger partial charge is 0.361 e. The Morgan fingerprint density at radius 2 is 1.15 bits per heavy atom. The van der Waals surface area contributed by atoms with Crippen molar-refractivity contribution < 1.29 is 9.59 Å². The van der Waals surface area contributed by atoms with E-state index in [1.165, 1.54) is 12.8 Å². The molecule has 0 saturated carbocycles. The number of carbonyl (C=O) groups excluding carboxylic acids is 2. The summed E-state index contributed by atoms with van der Waals surface area (Å²) in [7, 11) is 0. The zero-order valence-corrected chi connectivity index (χ0v) is 21.1. The van der Waals surface area contributed by atoms with E-state index in [-0.39, 0.29) is 11.8 Å². The highest BCUT2D eigenvalue weighted by atomic mass is 32.1. The molecule has 3 aromatic rings. The molecule has 0 bridgehead atoms. The molecule has 2 N–H and O–H groups in total. The number of likely N-dealkylation sites (tertiary alicyclic amines) is 2. The lowest BCUT2D eigenvalue weighted by atomic mass is 10.1. The highest BCUT2D eigenvalue weighted by molar-refractivity contribution is 7.24. The Bertz CT molecular complexity index is 1010. The molecule has 0 radical (unpaired) electrons. The number of nitrogens with one attached hydrogen (secondary N) is 2. The first-order chi connectivity index (χ1) is 16.7. The lowest BCUT2D eigenvalue weighted by Gasteiger charge is -2.26. The molecule has 4 heterocycles. The molecule has 10 heteroatoms. The SMILES string of the molecule is O=C(CCNc1nc2cc3nc(NCCC(=O)N4CCCCC4)sc3cc2s1)N1CCCCC1. The molecule has 8 nitrogen and oxygen atoms in total. The van der Waals surface area contributed by atoms with Crippen molar-refractivity contribution in [2.24, 2.45) is 0 Å². The molecular weight excluding hydrogens is 468 g/mol. The maximum atomic E-state index is 12.3. The van der Waals surface area contributed by atoms with Crippen molar-refractivity contribution in [3.63, 3.8) is 0 Å². The average Bonchev–Trinajstić information content (AvgIpc) is 3.45. The molecule has 1 aromatic carbocycles. The van der Waals surface area contributed by atoms with Gasteiger partial charge in [-0.2, -0.15) is 0 Å². The first-order valence-corrected chi connectivity index (χ1v) is 14.0. The number of rotatable bonds is 8. The van der Waals surface area contributed by atoms with E-state index in [0.717, 1.165) is 82.6 Å². The van der Waals surface area contributed by atoms with Gasteiger partial charge in [0, 0.05) is 52.1 Å². The van der Waals surface area contributed by atoms with Crippen molar-refractivity contribution in [2.75, 3.05) is 49.9 Å². The standard InChI is InChI=1S/C24H32N6O2S2/c31-21(29-11-3-1-4-12-29)7-9-25-23-27-17-15-18-20(16-19(17)33-23)34-24(28-18)26-10-8-22(32)30-13-5-2-6-14-30/h15-16H,1-14H2,(H,25,27)(H,26,28). The third-order valence-corrected chi connectivity index (χ3v) is 8.50. The Morgan fingerprint density at radius 1 is 0.706 bits per heavy atom. The van der Waals surface area contributed by atoms with Gasteiger partial charge in [-0.05, 0) is 50.7 Å². The van der Waals surface area contributed by atoms with Gasteiger partial charge in [0.05, 0.1) is 20.4 Å². The summed E-state index contributed by atoms with van der Waals surface area (Å²) in [6, 6.07) is 4.15. The molecule has 2 saturated heterocycles. The quantitative estimate of drug-likeness (QED) is 0.472. The smallest absolute Gasteiger partial charge is 0.224 e. The first-order valence-electron chi connectivity index (χ1n) is 12.4. The number of nitrogens with zero attached hydrogens (tertiary/aromatic N) is 4. The van der Waals surface area contributed by atoms with Crippen LogP contribution >= 0.6 is 22.7 Å². The van der Waals surface area contributed by atoms with Gasteiger partial charge in [-0.1, -0.05) is 22.7 Å². The fourth-order valence-corrected chi connectivity index (χ4v) is 6.56. The van der Waals surface area contributed by atoms with Crippen LogP contribution in [0.3, 0.4) is 0 Å². The summed E-state index contributed by atoms with van der Waals surface area (Å²) in [4.78, 5) is 38.0. The van der Waals surface area contributed by atoms with Crippen LogP contribution in [0.1, 0.15) is 51.4 Å². The highest BCUT2D eigenvalue weighted by Crippen LogP contribution is 2.34. The third-order valence-electron chi connectivity index (χ3n) is 6.55. The Labute approximate surface area is 207 Å². The van der Waals surface area contributed by atoms with Crippen LogP contribution in [0.5, 0.6) is 0 Å². The number of benzene rings is 1. The van der Waals surface area contributed by atoms with E-state index in [1.54, 1.807) is 22.7 Å². The van der Waals surface area contributed by atoms with Crippen LogP contribution in [0.25, 0.3) is 20.4 Å². The zero-order chi connectivity index (χ0) is 23.3. The van der Waals surface area contributed by atoms with Gasteiger partial charge in [-0.15, -0.1) is 0 Å². The number of piperidine rings is 2. The predicted octanol–water partition coefficient (Wildman–Crippen LogP) is 4.54. The molecular formula is C24H32N6O2S2. The van der Waals surface area contributed by atoms with Gasteiger partial charge in [0.25, 0.3) is 0 Å². The van der Waals surface area contributed by atoms with Crippen molar-refractivity contribution in [1.29, 1.82) is 0 Å². The number of hydrogen-bond acceptors (Lipinski definition) is 8. The molecule has 2 aliphatic heterocycles. The second-order valence-electron chi connectivity index (χ2n) is 9.06. The second-order valence-corrected chi connectivity index (χ2v) is 11.1. The lowest BCUT2D eigenvalue weighted by Crippen LogP contribution is -2.36. The Hall–Kier alpha value is -2.46. The first kappa shape index (κ1) is 23.3. The maximum absolute atomic E-state index is 12.3. The number of aromatic nitrogens is 2. The zero-order valence-electron chi connectivity index (χ0n) is 19.5.